The molecule has 0 aromatic heterocycles. The van der Waals surface area contributed by atoms with Crippen LogP contribution < -0.4 is 9.64 Å². The summed E-state index contributed by atoms with van der Waals surface area (Å²) < 4.78 is 10.0. The third-order valence-corrected chi connectivity index (χ3v) is 5.44. The van der Waals surface area contributed by atoms with E-state index in [9.17, 15) is 15.0 Å². The van der Waals surface area contributed by atoms with Crippen molar-refractivity contribution < 1.29 is 41.3 Å². The van der Waals surface area contributed by atoms with Crippen LogP contribution >= 0.6 is 0 Å². The first kappa shape index (κ1) is 26.1. The number of anilines is 1. The molecule has 0 bridgehead atoms. The summed E-state index contributed by atoms with van der Waals surface area (Å²) in [6.07, 6.45) is 3.32. The Labute approximate surface area is 203 Å². The molecule has 0 aliphatic carbocycles. The molecular formula is C24H27CoN3O5. The molecule has 1 radical (unpaired) electrons. The molecule has 0 saturated carbocycles. The van der Waals surface area contributed by atoms with E-state index in [1.54, 1.807) is 19.2 Å². The molecule has 3 rings (SSSR count). The summed E-state index contributed by atoms with van der Waals surface area (Å²) in [6.45, 7) is 4.61. The quantitative estimate of drug-likeness (QED) is 0.264. The van der Waals surface area contributed by atoms with Gasteiger partial charge in [0.25, 0.3) is 0 Å². The normalized spacial score (nSPS) is 16.0. The molecule has 2 aromatic rings. The third-order valence-electron chi connectivity index (χ3n) is 5.44. The van der Waals surface area contributed by atoms with Gasteiger partial charge in [-0.05, 0) is 54.1 Å². The third kappa shape index (κ3) is 5.44. The van der Waals surface area contributed by atoms with E-state index >= 15 is 0 Å². The number of benzene rings is 2. The van der Waals surface area contributed by atoms with Gasteiger partial charge in [0.2, 0.25) is 5.90 Å². The van der Waals surface area contributed by atoms with Crippen molar-refractivity contribution in [3.63, 3.8) is 0 Å². The Morgan fingerprint density at radius 3 is 2.39 bits per heavy atom. The van der Waals surface area contributed by atoms with Crippen LogP contribution in [0.2, 0.25) is 0 Å². The molecule has 1 heterocycles. The maximum absolute atomic E-state index is 11.5. The molecule has 0 saturated heterocycles. The van der Waals surface area contributed by atoms with Crippen molar-refractivity contribution in [1.82, 2.24) is 0 Å². The van der Waals surface area contributed by atoms with Gasteiger partial charge in [-0.3, -0.25) is 0 Å². The minimum absolute atomic E-state index is 0. The largest absolute Gasteiger partial charge is 0.497 e. The van der Waals surface area contributed by atoms with E-state index in [2.05, 4.69) is 28.8 Å². The van der Waals surface area contributed by atoms with E-state index in [-0.39, 0.29) is 34.7 Å². The Bertz CT molecular complexity index is 1080. The van der Waals surface area contributed by atoms with E-state index in [0.29, 0.717) is 17.7 Å². The van der Waals surface area contributed by atoms with Crippen molar-refractivity contribution in [2.75, 3.05) is 32.3 Å². The smallest absolute Gasteiger partial charge is 0.337 e. The molecule has 8 nitrogen and oxygen atoms in total. The predicted molar refractivity (Wildman–Crippen MR) is 124 cm³/mol. The topological polar surface area (TPSA) is 104 Å². The molecule has 0 atom stereocenters. The number of hydrogen-bond donors (Lipinski definition) is 2. The standard InChI is InChI=1S/C24H27N3O5.Co/c1-24(2)19-15-18(31-3)9-10-20(19)27(13-14-28)21(24)11-12-25-26-22(29)16-5-7-17(8-6-16)23(30)32-4;/h5-12,15,28H,13-14H2,1-4H3,(H,26,29);/b21-11-,25-12+;. The number of hydrogen-bond acceptors (Lipinski definition) is 7. The number of aliphatic hydroxyl groups is 2. The van der Waals surface area contributed by atoms with Crippen LogP contribution in [0, 0.1) is 0 Å². The van der Waals surface area contributed by atoms with E-state index in [1.165, 1.54) is 25.5 Å². The number of esters is 1. The molecule has 0 spiro atoms. The van der Waals surface area contributed by atoms with Gasteiger partial charge in [0.1, 0.15) is 5.75 Å². The van der Waals surface area contributed by atoms with Crippen molar-refractivity contribution in [2.24, 2.45) is 10.2 Å². The molecule has 33 heavy (non-hydrogen) atoms. The number of fused-ring (bicyclic) bond motifs is 1. The van der Waals surface area contributed by atoms with Crippen LogP contribution in [0.1, 0.15) is 35.3 Å². The number of ether oxygens (including phenoxy) is 2. The van der Waals surface area contributed by atoms with Crippen LogP contribution in [-0.2, 0) is 26.9 Å². The summed E-state index contributed by atoms with van der Waals surface area (Å²) in [7, 11) is 2.94. The summed E-state index contributed by atoms with van der Waals surface area (Å²) >= 11 is 0. The molecule has 0 amide bonds. The Morgan fingerprint density at radius 1 is 1.12 bits per heavy atom. The predicted octanol–water partition coefficient (Wildman–Crippen LogP) is 3.44. The monoisotopic (exact) mass is 496 g/mol. The van der Waals surface area contributed by atoms with E-state index in [1.807, 2.05) is 29.2 Å². The van der Waals surface area contributed by atoms with Crippen molar-refractivity contribution >= 4 is 23.8 Å². The van der Waals surface area contributed by atoms with E-state index in [4.69, 9.17) is 4.74 Å². The number of allylic oxidation sites excluding steroid dienone is 2. The number of aliphatic hydroxyl groups excluding tert-OH is 2. The number of carbonyl (C=O) groups is 1. The van der Waals surface area contributed by atoms with Crippen molar-refractivity contribution in [1.29, 1.82) is 0 Å². The Hall–Kier alpha value is -3.14. The zero-order valence-electron chi connectivity index (χ0n) is 18.9. The number of carbonyl (C=O) groups excluding carboxylic acids is 1. The van der Waals surface area contributed by atoms with Gasteiger partial charge < -0.3 is 24.6 Å². The van der Waals surface area contributed by atoms with Crippen LogP contribution in [0.5, 0.6) is 5.75 Å². The van der Waals surface area contributed by atoms with Gasteiger partial charge in [0, 0.05) is 45.7 Å². The summed E-state index contributed by atoms with van der Waals surface area (Å²) in [5, 5.41) is 27.6. The van der Waals surface area contributed by atoms with Crippen molar-refractivity contribution in [2.45, 2.75) is 19.3 Å². The van der Waals surface area contributed by atoms with Gasteiger partial charge in [0.05, 0.1) is 32.6 Å². The molecular weight excluding hydrogens is 469 g/mol. The van der Waals surface area contributed by atoms with Gasteiger partial charge in [-0.25, -0.2) is 4.79 Å². The second kappa shape index (κ2) is 11.1. The Morgan fingerprint density at radius 2 is 1.79 bits per heavy atom. The first-order chi connectivity index (χ1) is 15.3. The van der Waals surface area contributed by atoms with Crippen LogP contribution in [0.4, 0.5) is 5.69 Å². The second-order valence-electron chi connectivity index (χ2n) is 7.69. The molecule has 9 heteroatoms. The van der Waals surface area contributed by atoms with Crippen LogP contribution in [0.15, 0.2) is 64.4 Å². The second-order valence-corrected chi connectivity index (χ2v) is 7.69. The van der Waals surface area contributed by atoms with Gasteiger partial charge in [-0.2, -0.15) is 5.10 Å². The minimum Gasteiger partial charge on any atom is -0.497 e. The van der Waals surface area contributed by atoms with Gasteiger partial charge >= 0.3 is 5.97 Å². The van der Waals surface area contributed by atoms with Crippen molar-refractivity contribution in [3.05, 3.63) is 70.9 Å². The van der Waals surface area contributed by atoms with Crippen LogP contribution in [-0.4, -0.2) is 55.7 Å². The van der Waals surface area contributed by atoms with Gasteiger partial charge in [-0.1, -0.05) is 13.8 Å². The number of nitrogens with zero attached hydrogens (tertiary/aromatic N) is 3. The fraction of sp³-hybridized carbons (Fsp3) is 0.292. The first-order valence-corrected chi connectivity index (χ1v) is 10.1. The summed E-state index contributed by atoms with van der Waals surface area (Å²) in [6, 6.07) is 12.1. The first-order valence-electron chi connectivity index (χ1n) is 10.1. The van der Waals surface area contributed by atoms with E-state index in [0.717, 1.165) is 22.7 Å². The Kier molecular flexibility index (Phi) is 8.81. The molecule has 1 aliphatic rings. The molecule has 0 fully saturated rings. The van der Waals surface area contributed by atoms with Gasteiger partial charge in [0.15, 0.2) is 0 Å². The summed E-state index contributed by atoms with van der Waals surface area (Å²) in [5.41, 5.74) is 3.48. The van der Waals surface area contributed by atoms with Crippen LogP contribution in [0.3, 0.4) is 0 Å². The zero-order valence-corrected chi connectivity index (χ0v) is 19.9. The van der Waals surface area contributed by atoms with Crippen LogP contribution in [0.25, 0.3) is 0 Å². The maximum Gasteiger partial charge on any atom is 0.337 e. The minimum atomic E-state index is -0.456. The summed E-state index contributed by atoms with van der Waals surface area (Å²) in [5.74, 6) is 0.0354. The van der Waals surface area contributed by atoms with Crippen molar-refractivity contribution in [3.8, 4) is 5.75 Å². The van der Waals surface area contributed by atoms with E-state index < -0.39 is 5.97 Å². The fourth-order valence-corrected chi connectivity index (χ4v) is 3.75. The Balaban J connectivity index is 0.00000385. The molecule has 2 N–H and O–H groups in total. The summed E-state index contributed by atoms with van der Waals surface area (Å²) in [4.78, 5) is 13.5. The maximum atomic E-state index is 11.5. The molecule has 1 aliphatic heterocycles. The number of methoxy groups -OCH3 is 2. The number of rotatable bonds is 7. The SMILES string of the molecule is COC(=O)c1ccc(/C(O)=N/N=C/C=C2\N(CCO)c3ccc(OC)cc3C2(C)C)cc1.[Co]. The average molecular weight is 496 g/mol. The zero-order chi connectivity index (χ0) is 23.3. The molecule has 2 aromatic carbocycles. The molecule has 0 unspecified atom stereocenters. The van der Waals surface area contributed by atoms with Gasteiger partial charge in [-0.15, -0.1) is 5.10 Å². The fourth-order valence-electron chi connectivity index (χ4n) is 3.75. The molecule has 177 valence electrons. The number of β-amino-alcohol motifs (C(OH)–C–C–N with tert-alkyl or cyclic N) is 1. The average Bonchev–Trinajstić information content (AvgIpc) is 3.02.